The monoisotopic (exact) mass is 170 g/mol. The van der Waals surface area contributed by atoms with Crippen molar-refractivity contribution in [3.63, 3.8) is 0 Å². The topological polar surface area (TPSA) is 50.4 Å². The maximum absolute atomic E-state index is 10.9. The molecule has 1 spiro atoms. The minimum absolute atomic E-state index is 0.0550. The van der Waals surface area contributed by atoms with E-state index in [-0.39, 0.29) is 11.6 Å². The Morgan fingerprint density at radius 2 is 2.25 bits per heavy atom. The zero-order chi connectivity index (χ0) is 8.44. The minimum Gasteiger partial charge on any atom is -0.447 e. The Morgan fingerprint density at radius 3 is 3.00 bits per heavy atom. The summed E-state index contributed by atoms with van der Waals surface area (Å²) in [7, 11) is 0. The molecule has 0 saturated carbocycles. The summed E-state index contributed by atoms with van der Waals surface area (Å²) in [5.74, 6) is 0. The van der Waals surface area contributed by atoms with E-state index in [1.165, 1.54) is 0 Å². The Balaban J connectivity index is 2.03. The van der Waals surface area contributed by atoms with Gasteiger partial charge in [-0.25, -0.2) is 4.79 Å². The molecule has 2 fully saturated rings. The third kappa shape index (κ3) is 1.39. The van der Waals surface area contributed by atoms with Crippen molar-refractivity contribution in [3.05, 3.63) is 0 Å². The minimum atomic E-state index is -0.253. The largest absolute Gasteiger partial charge is 0.447 e. The molecular formula is C8H14N2O2. The normalized spacial score (nSPS) is 35.8. The highest BCUT2D eigenvalue weighted by atomic mass is 16.6. The molecule has 1 atom stereocenters. The first-order valence-electron chi connectivity index (χ1n) is 4.46. The molecule has 0 aliphatic carbocycles. The Morgan fingerprint density at radius 1 is 1.33 bits per heavy atom. The second kappa shape index (κ2) is 2.94. The molecule has 0 radical (unpaired) electrons. The number of amides is 1. The van der Waals surface area contributed by atoms with E-state index < -0.39 is 0 Å². The first kappa shape index (κ1) is 7.86. The molecule has 4 nitrogen and oxygen atoms in total. The summed E-state index contributed by atoms with van der Waals surface area (Å²) in [5.41, 5.74) is -0.0550. The molecule has 2 saturated heterocycles. The standard InChI is InChI=1S/C8H14N2O2/c11-7-10-8(6-12-7)2-1-4-9-5-3-8/h9H,1-6H2,(H,10,11). The predicted octanol–water partition coefficient (Wildman–Crippen LogP) is 0.238. The molecule has 0 aromatic rings. The number of hydrogen-bond donors (Lipinski definition) is 2. The van der Waals surface area contributed by atoms with Crippen molar-refractivity contribution in [1.29, 1.82) is 0 Å². The van der Waals surface area contributed by atoms with E-state index in [0.29, 0.717) is 6.61 Å². The van der Waals surface area contributed by atoms with Gasteiger partial charge in [0.15, 0.2) is 0 Å². The zero-order valence-electron chi connectivity index (χ0n) is 7.06. The van der Waals surface area contributed by atoms with Crippen molar-refractivity contribution in [2.24, 2.45) is 0 Å². The number of nitrogens with one attached hydrogen (secondary N) is 2. The van der Waals surface area contributed by atoms with E-state index in [1.807, 2.05) is 0 Å². The van der Waals surface area contributed by atoms with E-state index in [9.17, 15) is 4.79 Å². The molecule has 68 valence electrons. The van der Waals surface area contributed by atoms with Crippen LogP contribution in [0.25, 0.3) is 0 Å². The maximum Gasteiger partial charge on any atom is 0.407 e. The lowest BCUT2D eigenvalue weighted by molar-refractivity contribution is 0.170. The quantitative estimate of drug-likeness (QED) is 0.547. The van der Waals surface area contributed by atoms with Crippen molar-refractivity contribution in [2.45, 2.75) is 24.8 Å². The molecular weight excluding hydrogens is 156 g/mol. The number of hydrogen-bond acceptors (Lipinski definition) is 3. The van der Waals surface area contributed by atoms with Crippen LogP contribution in [0.3, 0.4) is 0 Å². The van der Waals surface area contributed by atoms with Gasteiger partial charge in [0.25, 0.3) is 0 Å². The van der Waals surface area contributed by atoms with E-state index in [2.05, 4.69) is 10.6 Å². The van der Waals surface area contributed by atoms with Gasteiger partial charge in [0.1, 0.15) is 6.61 Å². The lowest BCUT2D eigenvalue weighted by atomic mass is 9.92. The Hall–Kier alpha value is -0.770. The highest BCUT2D eigenvalue weighted by molar-refractivity contribution is 5.70. The Kier molecular flexibility index (Phi) is 1.92. The number of alkyl carbamates (subject to hydrolysis) is 1. The van der Waals surface area contributed by atoms with Gasteiger partial charge >= 0.3 is 6.09 Å². The van der Waals surface area contributed by atoms with Gasteiger partial charge in [-0.2, -0.15) is 0 Å². The van der Waals surface area contributed by atoms with Crippen LogP contribution in [0.1, 0.15) is 19.3 Å². The number of rotatable bonds is 0. The highest BCUT2D eigenvalue weighted by Crippen LogP contribution is 2.23. The summed E-state index contributed by atoms with van der Waals surface area (Å²) in [6, 6.07) is 0. The van der Waals surface area contributed by atoms with Gasteiger partial charge in [-0.15, -0.1) is 0 Å². The van der Waals surface area contributed by atoms with Crippen molar-refractivity contribution in [1.82, 2.24) is 10.6 Å². The summed E-state index contributed by atoms with van der Waals surface area (Å²) < 4.78 is 4.92. The molecule has 2 rings (SSSR count). The molecule has 2 heterocycles. The Bertz CT molecular complexity index is 185. The fourth-order valence-electron chi connectivity index (χ4n) is 1.89. The van der Waals surface area contributed by atoms with Crippen LogP contribution in [0.4, 0.5) is 4.79 Å². The van der Waals surface area contributed by atoms with Crippen LogP contribution in [0.5, 0.6) is 0 Å². The van der Waals surface area contributed by atoms with Gasteiger partial charge in [-0.05, 0) is 32.4 Å². The highest BCUT2D eigenvalue weighted by Gasteiger charge is 2.39. The van der Waals surface area contributed by atoms with Gasteiger partial charge in [-0.1, -0.05) is 0 Å². The van der Waals surface area contributed by atoms with Gasteiger partial charge in [0.2, 0.25) is 0 Å². The van der Waals surface area contributed by atoms with Crippen LogP contribution >= 0.6 is 0 Å². The zero-order valence-corrected chi connectivity index (χ0v) is 7.06. The first-order valence-corrected chi connectivity index (χ1v) is 4.46. The smallest absolute Gasteiger partial charge is 0.407 e. The lowest BCUT2D eigenvalue weighted by Crippen LogP contribution is -2.43. The molecule has 12 heavy (non-hydrogen) atoms. The van der Waals surface area contributed by atoms with Crippen LogP contribution in [0.2, 0.25) is 0 Å². The number of cyclic esters (lactones) is 1. The van der Waals surface area contributed by atoms with E-state index in [4.69, 9.17) is 4.74 Å². The number of carbonyl (C=O) groups is 1. The second-order valence-electron chi connectivity index (χ2n) is 3.59. The lowest BCUT2D eigenvalue weighted by Gasteiger charge is -2.23. The van der Waals surface area contributed by atoms with E-state index in [1.54, 1.807) is 0 Å². The SMILES string of the molecule is O=C1NC2(CCCNCC2)CO1. The van der Waals surface area contributed by atoms with Gasteiger partial charge in [0, 0.05) is 0 Å². The van der Waals surface area contributed by atoms with Crippen molar-refractivity contribution in [2.75, 3.05) is 19.7 Å². The van der Waals surface area contributed by atoms with Crippen molar-refractivity contribution in [3.8, 4) is 0 Å². The van der Waals surface area contributed by atoms with Crippen LogP contribution in [0.15, 0.2) is 0 Å². The van der Waals surface area contributed by atoms with Gasteiger partial charge in [0.05, 0.1) is 5.54 Å². The van der Waals surface area contributed by atoms with Crippen LogP contribution in [-0.2, 0) is 4.74 Å². The molecule has 1 unspecified atom stereocenters. The van der Waals surface area contributed by atoms with Crippen molar-refractivity contribution >= 4 is 6.09 Å². The second-order valence-corrected chi connectivity index (χ2v) is 3.59. The molecule has 1 amide bonds. The first-order chi connectivity index (χ1) is 5.81. The summed E-state index contributed by atoms with van der Waals surface area (Å²) in [5, 5.41) is 6.21. The molecule has 2 aliphatic rings. The van der Waals surface area contributed by atoms with Crippen molar-refractivity contribution < 1.29 is 9.53 Å². The molecule has 0 bridgehead atoms. The number of carbonyl (C=O) groups excluding carboxylic acids is 1. The predicted molar refractivity (Wildman–Crippen MR) is 43.9 cm³/mol. The van der Waals surface area contributed by atoms with Crippen LogP contribution < -0.4 is 10.6 Å². The van der Waals surface area contributed by atoms with Gasteiger partial charge < -0.3 is 15.4 Å². The summed E-state index contributed by atoms with van der Waals surface area (Å²) in [4.78, 5) is 10.9. The summed E-state index contributed by atoms with van der Waals surface area (Å²) in [6.45, 7) is 2.58. The maximum atomic E-state index is 10.9. The molecule has 4 heteroatoms. The summed E-state index contributed by atoms with van der Waals surface area (Å²) >= 11 is 0. The van der Waals surface area contributed by atoms with E-state index in [0.717, 1.165) is 32.4 Å². The van der Waals surface area contributed by atoms with Crippen LogP contribution in [0, 0.1) is 0 Å². The molecule has 2 N–H and O–H groups in total. The fourth-order valence-corrected chi connectivity index (χ4v) is 1.89. The molecule has 0 aromatic heterocycles. The fraction of sp³-hybridized carbons (Fsp3) is 0.875. The third-order valence-corrected chi connectivity index (χ3v) is 2.64. The number of ether oxygens (including phenoxy) is 1. The third-order valence-electron chi connectivity index (χ3n) is 2.64. The van der Waals surface area contributed by atoms with Gasteiger partial charge in [-0.3, -0.25) is 0 Å². The molecule has 2 aliphatic heterocycles. The summed E-state index contributed by atoms with van der Waals surface area (Å²) in [6.07, 6.45) is 2.88. The molecule has 0 aromatic carbocycles. The average Bonchev–Trinajstić information content (AvgIpc) is 2.30. The average molecular weight is 170 g/mol. The van der Waals surface area contributed by atoms with Crippen LogP contribution in [-0.4, -0.2) is 31.3 Å². The Labute approximate surface area is 71.7 Å². The van der Waals surface area contributed by atoms with E-state index >= 15 is 0 Å².